The van der Waals surface area contributed by atoms with Crippen molar-refractivity contribution in [3.05, 3.63) is 23.7 Å². The molecule has 0 amide bonds. The highest BCUT2D eigenvalue weighted by Crippen LogP contribution is 2.15. The van der Waals surface area contributed by atoms with Crippen molar-refractivity contribution in [1.82, 2.24) is 14.2 Å². The summed E-state index contributed by atoms with van der Waals surface area (Å²) in [5, 5.41) is 4.23. The average molecular weight is 177 g/mol. The van der Waals surface area contributed by atoms with E-state index in [9.17, 15) is 4.79 Å². The monoisotopic (exact) mass is 177 g/mol. The second-order valence-corrected chi connectivity index (χ2v) is 3.19. The van der Waals surface area contributed by atoms with E-state index in [1.54, 1.807) is 11.4 Å². The lowest BCUT2D eigenvalue weighted by molar-refractivity contribution is 0.101. The summed E-state index contributed by atoms with van der Waals surface area (Å²) in [5.74, 6) is 0.0642. The number of Topliss-reactive ketones (excluding diaryl/α,β-unsaturated/α-hetero) is 1. The van der Waals surface area contributed by atoms with E-state index in [2.05, 4.69) is 5.10 Å². The highest BCUT2D eigenvalue weighted by molar-refractivity contribution is 6.01. The van der Waals surface area contributed by atoms with E-state index in [0.717, 1.165) is 11.3 Å². The fourth-order valence-electron chi connectivity index (χ4n) is 1.62. The Morgan fingerprint density at radius 2 is 2.15 bits per heavy atom. The Balaban J connectivity index is 2.90. The summed E-state index contributed by atoms with van der Waals surface area (Å²) in [5.41, 5.74) is 2.37. The van der Waals surface area contributed by atoms with E-state index in [0.29, 0.717) is 5.56 Å². The van der Waals surface area contributed by atoms with E-state index < -0.39 is 0 Å². The van der Waals surface area contributed by atoms with Crippen molar-refractivity contribution in [2.24, 2.45) is 7.05 Å². The molecule has 2 aromatic heterocycles. The number of aryl methyl sites for hydroxylation is 2. The molecule has 0 aliphatic rings. The van der Waals surface area contributed by atoms with Crippen LogP contribution in [0.4, 0.5) is 0 Å². The van der Waals surface area contributed by atoms with Gasteiger partial charge in [-0.25, -0.2) is 4.52 Å². The normalized spacial score (nSPS) is 11.0. The number of hydrogen-bond acceptors (Lipinski definition) is 2. The van der Waals surface area contributed by atoms with Crippen molar-refractivity contribution < 1.29 is 4.79 Å². The van der Waals surface area contributed by atoms with E-state index in [4.69, 9.17) is 0 Å². The molecule has 2 heterocycles. The van der Waals surface area contributed by atoms with E-state index in [1.165, 1.54) is 0 Å². The summed E-state index contributed by atoms with van der Waals surface area (Å²) in [7, 11) is 1.91. The lowest BCUT2D eigenvalue weighted by Crippen LogP contribution is -1.97. The van der Waals surface area contributed by atoms with Gasteiger partial charge in [-0.2, -0.15) is 5.10 Å². The highest BCUT2D eigenvalue weighted by Gasteiger charge is 2.15. The summed E-state index contributed by atoms with van der Waals surface area (Å²) in [6.45, 7) is 3.42. The van der Waals surface area contributed by atoms with Crippen LogP contribution < -0.4 is 0 Å². The number of imidazole rings is 1. The number of fused-ring (bicyclic) bond motifs is 1. The van der Waals surface area contributed by atoms with Gasteiger partial charge in [-0.15, -0.1) is 0 Å². The van der Waals surface area contributed by atoms with Gasteiger partial charge in [-0.3, -0.25) is 4.79 Å². The lowest BCUT2D eigenvalue weighted by atomic mass is 10.2. The maximum Gasteiger partial charge on any atom is 0.165 e. The molecule has 0 fully saturated rings. The molecule has 0 atom stereocenters. The van der Waals surface area contributed by atoms with Crippen molar-refractivity contribution in [3.8, 4) is 0 Å². The molecule has 0 bridgehead atoms. The number of ketones is 1. The summed E-state index contributed by atoms with van der Waals surface area (Å²) in [4.78, 5) is 11.3. The lowest BCUT2D eigenvalue weighted by Gasteiger charge is -1.94. The Labute approximate surface area is 75.8 Å². The molecule has 68 valence electrons. The molecular weight excluding hydrogens is 166 g/mol. The quantitative estimate of drug-likeness (QED) is 0.614. The molecule has 0 aliphatic carbocycles. The first-order valence-electron chi connectivity index (χ1n) is 4.12. The fraction of sp³-hybridized carbons (Fsp3) is 0.333. The van der Waals surface area contributed by atoms with Crippen LogP contribution in [0.3, 0.4) is 0 Å². The van der Waals surface area contributed by atoms with Crippen molar-refractivity contribution in [2.75, 3.05) is 0 Å². The Bertz CT molecular complexity index is 478. The van der Waals surface area contributed by atoms with Gasteiger partial charge in [-0.05, 0) is 13.8 Å². The zero-order valence-electron chi connectivity index (χ0n) is 7.90. The van der Waals surface area contributed by atoms with Gasteiger partial charge in [0.05, 0.1) is 11.3 Å². The van der Waals surface area contributed by atoms with Gasteiger partial charge in [0.15, 0.2) is 5.78 Å². The van der Waals surface area contributed by atoms with Crippen LogP contribution in [0.1, 0.15) is 23.0 Å². The van der Waals surface area contributed by atoms with Crippen LogP contribution in [-0.2, 0) is 7.05 Å². The zero-order chi connectivity index (χ0) is 9.59. The fourth-order valence-corrected chi connectivity index (χ4v) is 1.62. The van der Waals surface area contributed by atoms with Gasteiger partial charge in [0.25, 0.3) is 0 Å². The molecule has 4 heteroatoms. The molecule has 2 aromatic rings. The molecule has 0 saturated carbocycles. The minimum atomic E-state index is 0.0642. The summed E-state index contributed by atoms with van der Waals surface area (Å²) in [6, 6.07) is 0. The summed E-state index contributed by atoms with van der Waals surface area (Å²) in [6.07, 6.45) is 3.73. The van der Waals surface area contributed by atoms with E-state index in [1.807, 2.05) is 30.9 Å². The van der Waals surface area contributed by atoms with Gasteiger partial charge < -0.3 is 4.57 Å². The maximum atomic E-state index is 11.3. The standard InChI is InChI=1S/C9H11N3O/c1-6-8(7(2)13)9-11(3)4-5-12(9)10-6/h4-5H,1-3H3. The molecule has 0 saturated heterocycles. The van der Waals surface area contributed by atoms with Gasteiger partial charge >= 0.3 is 0 Å². The minimum absolute atomic E-state index is 0.0642. The number of hydrogen-bond donors (Lipinski definition) is 0. The number of rotatable bonds is 1. The summed E-state index contributed by atoms with van der Waals surface area (Å²) >= 11 is 0. The largest absolute Gasteiger partial charge is 0.334 e. The second-order valence-electron chi connectivity index (χ2n) is 3.19. The Morgan fingerprint density at radius 1 is 1.46 bits per heavy atom. The molecule has 2 rings (SSSR count). The average Bonchev–Trinajstić information content (AvgIpc) is 2.51. The highest BCUT2D eigenvalue weighted by atomic mass is 16.1. The van der Waals surface area contributed by atoms with Crippen LogP contribution in [0.25, 0.3) is 5.65 Å². The third-order valence-corrected chi connectivity index (χ3v) is 2.18. The molecule has 0 N–H and O–H groups in total. The van der Waals surface area contributed by atoms with Crippen molar-refractivity contribution >= 4 is 11.4 Å². The third-order valence-electron chi connectivity index (χ3n) is 2.18. The molecule has 0 radical (unpaired) electrons. The van der Waals surface area contributed by atoms with Crippen LogP contribution in [0.2, 0.25) is 0 Å². The smallest absolute Gasteiger partial charge is 0.165 e. The van der Waals surface area contributed by atoms with Gasteiger partial charge in [0.2, 0.25) is 0 Å². The molecule has 0 aromatic carbocycles. The number of aromatic nitrogens is 3. The van der Waals surface area contributed by atoms with Crippen LogP contribution in [-0.4, -0.2) is 20.0 Å². The minimum Gasteiger partial charge on any atom is -0.334 e. The van der Waals surface area contributed by atoms with Crippen molar-refractivity contribution in [1.29, 1.82) is 0 Å². The molecule has 0 spiro atoms. The predicted molar refractivity (Wildman–Crippen MR) is 48.9 cm³/mol. The number of nitrogens with zero attached hydrogens (tertiary/aromatic N) is 3. The number of carbonyl (C=O) groups is 1. The SMILES string of the molecule is CC(=O)c1c(C)nn2ccn(C)c12. The predicted octanol–water partition coefficient (Wildman–Crippen LogP) is 1.18. The van der Waals surface area contributed by atoms with Crippen LogP contribution in [0, 0.1) is 6.92 Å². The number of carbonyl (C=O) groups excluding carboxylic acids is 1. The first-order chi connectivity index (χ1) is 6.11. The van der Waals surface area contributed by atoms with E-state index in [-0.39, 0.29) is 5.78 Å². The first kappa shape index (κ1) is 8.04. The third kappa shape index (κ3) is 0.983. The topological polar surface area (TPSA) is 39.3 Å². The molecule has 0 aliphatic heterocycles. The summed E-state index contributed by atoms with van der Waals surface area (Å²) < 4.78 is 3.63. The first-order valence-corrected chi connectivity index (χ1v) is 4.12. The van der Waals surface area contributed by atoms with E-state index >= 15 is 0 Å². The van der Waals surface area contributed by atoms with Gasteiger partial charge in [-0.1, -0.05) is 0 Å². The second kappa shape index (κ2) is 2.45. The molecular formula is C9H11N3O. The maximum absolute atomic E-state index is 11.3. The van der Waals surface area contributed by atoms with Gasteiger partial charge in [0.1, 0.15) is 5.65 Å². The Morgan fingerprint density at radius 3 is 2.77 bits per heavy atom. The van der Waals surface area contributed by atoms with Gasteiger partial charge in [0, 0.05) is 19.4 Å². The molecule has 4 nitrogen and oxygen atoms in total. The molecule has 13 heavy (non-hydrogen) atoms. The Kier molecular flexibility index (Phi) is 1.52. The van der Waals surface area contributed by atoms with Crippen molar-refractivity contribution in [2.45, 2.75) is 13.8 Å². The molecule has 0 unspecified atom stereocenters. The van der Waals surface area contributed by atoms with Crippen LogP contribution in [0.5, 0.6) is 0 Å². The van der Waals surface area contributed by atoms with Crippen LogP contribution in [0.15, 0.2) is 12.4 Å². The zero-order valence-corrected chi connectivity index (χ0v) is 7.90. The van der Waals surface area contributed by atoms with Crippen LogP contribution >= 0.6 is 0 Å². The van der Waals surface area contributed by atoms with Crippen molar-refractivity contribution in [3.63, 3.8) is 0 Å². The Hall–Kier alpha value is -1.58.